The average molecular weight is 266 g/mol. The summed E-state index contributed by atoms with van der Waals surface area (Å²) in [4.78, 5) is 2.27. The van der Waals surface area contributed by atoms with Gasteiger partial charge in [0.2, 0.25) is 0 Å². The number of nitriles is 1. The van der Waals surface area contributed by atoms with Crippen LogP contribution in [0.4, 0.5) is 0 Å². The van der Waals surface area contributed by atoms with Gasteiger partial charge in [0, 0.05) is 31.2 Å². The maximum Gasteiger partial charge on any atom is 0.0992 e. The molecule has 0 saturated carbocycles. The second kappa shape index (κ2) is 6.17. The number of ether oxygens (including phenoxy) is 1. The van der Waals surface area contributed by atoms with E-state index in [-0.39, 0.29) is 6.10 Å². The van der Waals surface area contributed by atoms with Crippen molar-refractivity contribution in [3.63, 3.8) is 0 Å². The maximum absolute atomic E-state index is 8.79. The molecule has 0 aliphatic carbocycles. The second-order valence-corrected chi connectivity index (χ2v) is 4.79. The molecule has 0 aromatic heterocycles. The van der Waals surface area contributed by atoms with E-state index in [1.165, 1.54) is 0 Å². The monoisotopic (exact) mass is 265 g/mol. The number of hydrogen-bond acceptors (Lipinski definition) is 4. The van der Waals surface area contributed by atoms with Gasteiger partial charge in [0.25, 0.3) is 0 Å². The molecule has 1 fully saturated rings. The van der Waals surface area contributed by atoms with E-state index >= 15 is 0 Å². The molecule has 0 bridgehead atoms. The summed E-state index contributed by atoms with van der Waals surface area (Å²) < 4.78 is 5.52. The minimum Gasteiger partial charge on any atom is -0.374 e. The molecule has 1 saturated heterocycles. The van der Waals surface area contributed by atoms with Crippen molar-refractivity contribution < 1.29 is 4.74 Å². The van der Waals surface area contributed by atoms with Gasteiger partial charge in [-0.25, -0.2) is 0 Å². The molecule has 0 spiro atoms. The Bertz CT molecular complexity index is 458. The van der Waals surface area contributed by atoms with Crippen LogP contribution in [-0.2, 0) is 11.3 Å². The minimum absolute atomic E-state index is 0.107. The van der Waals surface area contributed by atoms with Crippen LogP contribution in [0, 0.1) is 11.3 Å². The van der Waals surface area contributed by atoms with Crippen LogP contribution in [0.1, 0.15) is 11.1 Å². The summed E-state index contributed by atoms with van der Waals surface area (Å²) in [7, 11) is 0. The minimum atomic E-state index is 0.107. The zero-order chi connectivity index (χ0) is 13.0. The van der Waals surface area contributed by atoms with Crippen LogP contribution in [-0.4, -0.2) is 37.2 Å². The molecule has 1 aliphatic rings. The lowest BCUT2D eigenvalue weighted by molar-refractivity contribution is -0.0260. The Morgan fingerprint density at radius 3 is 3.06 bits per heavy atom. The molecule has 1 heterocycles. The molecule has 18 heavy (non-hydrogen) atoms. The van der Waals surface area contributed by atoms with Crippen molar-refractivity contribution >= 4 is 11.6 Å². The fourth-order valence-corrected chi connectivity index (χ4v) is 2.29. The number of morpholine rings is 1. The van der Waals surface area contributed by atoms with Gasteiger partial charge in [-0.05, 0) is 17.7 Å². The number of nitrogens with two attached hydrogens (primary N) is 1. The molecule has 1 aromatic carbocycles. The van der Waals surface area contributed by atoms with E-state index in [4.69, 9.17) is 27.3 Å². The summed E-state index contributed by atoms with van der Waals surface area (Å²) in [5.74, 6) is 0. The van der Waals surface area contributed by atoms with E-state index in [0.717, 1.165) is 25.2 Å². The molecule has 2 N–H and O–H groups in total. The van der Waals surface area contributed by atoms with Crippen molar-refractivity contribution in [3.05, 3.63) is 34.3 Å². The van der Waals surface area contributed by atoms with E-state index in [1.54, 1.807) is 12.1 Å². The lowest BCUT2D eigenvalue weighted by atomic mass is 10.1. The Hall–Kier alpha value is -1.12. The Balaban J connectivity index is 2.03. The van der Waals surface area contributed by atoms with E-state index < -0.39 is 0 Å². The molecule has 0 radical (unpaired) electrons. The van der Waals surface area contributed by atoms with Crippen LogP contribution >= 0.6 is 11.6 Å². The number of halogens is 1. The third-order valence-corrected chi connectivity index (χ3v) is 3.41. The van der Waals surface area contributed by atoms with Gasteiger partial charge in [0.1, 0.15) is 0 Å². The highest BCUT2D eigenvalue weighted by Crippen LogP contribution is 2.20. The van der Waals surface area contributed by atoms with Crippen molar-refractivity contribution in [2.24, 2.45) is 5.73 Å². The van der Waals surface area contributed by atoms with Crippen LogP contribution in [0.5, 0.6) is 0 Å². The fraction of sp³-hybridized carbons (Fsp3) is 0.462. The second-order valence-electron chi connectivity index (χ2n) is 4.38. The van der Waals surface area contributed by atoms with Crippen LogP contribution in [0.2, 0.25) is 5.02 Å². The SMILES string of the molecule is N#Cc1ccc(CN2CCOC(CN)C2)c(Cl)c1. The summed E-state index contributed by atoms with van der Waals surface area (Å²) in [5.41, 5.74) is 7.24. The fourth-order valence-electron chi connectivity index (χ4n) is 2.05. The first kappa shape index (κ1) is 13.3. The normalized spacial score (nSPS) is 20.6. The topological polar surface area (TPSA) is 62.3 Å². The Morgan fingerprint density at radius 1 is 1.56 bits per heavy atom. The van der Waals surface area contributed by atoms with Gasteiger partial charge >= 0.3 is 0 Å². The number of nitrogens with zero attached hydrogens (tertiary/aromatic N) is 2. The summed E-state index contributed by atoms with van der Waals surface area (Å²) >= 11 is 6.16. The smallest absolute Gasteiger partial charge is 0.0992 e. The third kappa shape index (κ3) is 3.21. The van der Waals surface area contributed by atoms with Crippen molar-refractivity contribution in [1.82, 2.24) is 4.90 Å². The predicted octanol–water partition coefficient (Wildman–Crippen LogP) is 1.37. The Morgan fingerprint density at radius 2 is 2.39 bits per heavy atom. The van der Waals surface area contributed by atoms with Gasteiger partial charge in [0.15, 0.2) is 0 Å². The highest BCUT2D eigenvalue weighted by atomic mass is 35.5. The van der Waals surface area contributed by atoms with E-state index in [0.29, 0.717) is 23.7 Å². The predicted molar refractivity (Wildman–Crippen MR) is 70.2 cm³/mol. The maximum atomic E-state index is 8.79. The molecule has 2 rings (SSSR count). The summed E-state index contributed by atoms with van der Waals surface area (Å²) in [6.07, 6.45) is 0.107. The Labute approximate surface area is 112 Å². The van der Waals surface area contributed by atoms with Gasteiger partial charge in [0.05, 0.1) is 24.3 Å². The molecule has 4 nitrogen and oxygen atoms in total. The van der Waals surface area contributed by atoms with Crippen LogP contribution in [0.15, 0.2) is 18.2 Å². The van der Waals surface area contributed by atoms with Crippen LogP contribution < -0.4 is 5.73 Å². The summed E-state index contributed by atoms with van der Waals surface area (Å²) in [6, 6.07) is 7.49. The van der Waals surface area contributed by atoms with Gasteiger partial charge in [-0.15, -0.1) is 0 Å². The largest absolute Gasteiger partial charge is 0.374 e. The van der Waals surface area contributed by atoms with E-state index in [1.807, 2.05) is 6.07 Å². The standard InChI is InChI=1S/C13H16ClN3O/c14-13-5-10(6-15)1-2-11(13)8-17-3-4-18-12(7-16)9-17/h1-2,5,12H,3-4,7-9,16H2. The summed E-state index contributed by atoms with van der Waals surface area (Å²) in [6.45, 7) is 3.72. The molecule has 96 valence electrons. The zero-order valence-electron chi connectivity index (χ0n) is 10.1. The molecule has 1 aromatic rings. The van der Waals surface area contributed by atoms with Crippen molar-refractivity contribution in [3.8, 4) is 6.07 Å². The van der Waals surface area contributed by atoms with Crippen LogP contribution in [0.3, 0.4) is 0 Å². The third-order valence-electron chi connectivity index (χ3n) is 3.06. The number of hydrogen-bond donors (Lipinski definition) is 1. The highest BCUT2D eigenvalue weighted by Gasteiger charge is 2.19. The molecule has 1 unspecified atom stereocenters. The Kier molecular flexibility index (Phi) is 4.56. The van der Waals surface area contributed by atoms with Gasteiger partial charge in [-0.1, -0.05) is 17.7 Å². The molecule has 5 heteroatoms. The van der Waals surface area contributed by atoms with E-state index in [9.17, 15) is 0 Å². The van der Waals surface area contributed by atoms with Gasteiger partial charge in [-0.2, -0.15) is 5.26 Å². The van der Waals surface area contributed by atoms with Crippen molar-refractivity contribution in [1.29, 1.82) is 5.26 Å². The number of rotatable bonds is 3. The van der Waals surface area contributed by atoms with Gasteiger partial charge < -0.3 is 10.5 Å². The lowest BCUT2D eigenvalue weighted by Crippen LogP contribution is -2.45. The lowest BCUT2D eigenvalue weighted by Gasteiger charge is -2.32. The van der Waals surface area contributed by atoms with Crippen molar-refractivity contribution in [2.75, 3.05) is 26.2 Å². The first-order valence-corrected chi connectivity index (χ1v) is 6.33. The molecular weight excluding hydrogens is 250 g/mol. The first-order chi connectivity index (χ1) is 8.72. The average Bonchev–Trinajstić information content (AvgIpc) is 2.41. The molecule has 1 atom stereocenters. The number of benzene rings is 1. The quantitative estimate of drug-likeness (QED) is 0.897. The van der Waals surface area contributed by atoms with Crippen LogP contribution in [0.25, 0.3) is 0 Å². The highest BCUT2D eigenvalue weighted by molar-refractivity contribution is 6.31. The molecule has 1 aliphatic heterocycles. The first-order valence-electron chi connectivity index (χ1n) is 5.95. The zero-order valence-corrected chi connectivity index (χ0v) is 10.9. The molecule has 0 amide bonds. The molecular formula is C13H16ClN3O. The summed E-state index contributed by atoms with van der Waals surface area (Å²) in [5, 5.41) is 9.43. The van der Waals surface area contributed by atoms with Gasteiger partial charge in [-0.3, -0.25) is 4.90 Å². The van der Waals surface area contributed by atoms with Crippen molar-refractivity contribution in [2.45, 2.75) is 12.6 Å². The van der Waals surface area contributed by atoms with E-state index in [2.05, 4.69) is 11.0 Å².